The summed E-state index contributed by atoms with van der Waals surface area (Å²) in [5.41, 5.74) is 7.48. The van der Waals surface area contributed by atoms with Crippen LogP contribution in [-0.4, -0.2) is 63.4 Å². The molecule has 0 radical (unpaired) electrons. The minimum absolute atomic E-state index is 0. The lowest BCUT2D eigenvalue weighted by Gasteiger charge is -2.36. The second kappa shape index (κ2) is 11.2. The van der Waals surface area contributed by atoms with Crippen LogP contribution >= 0.6 is 24.0 Å². The Kier molecular flexibility index (Phi) is 9.30. The number of nitrogens with one attached hydrogen (secondary N) is 1. The summed E-state index contributed by atoms with van der Waals surface area (Å²) in [5.74, 6) is 1.43. The van der Waals surface area contributed by atoms with Crippen LogP contribution in [0.5, 0.6) is 5.75 Å². The molecule has 0 aliphatic carbocycles. The fourth-order valence-corrected chi connectivity index (χ4v) is 4.30. The summed E-state index contributed by atoms with van der Waals surface area (Å²) < 4.78 is 10.9. The third kappa shape index (κ3) is 5.73. The van der Waals surface area contributed by atoms with E-state index in [1.807, 2.05) is 12.1 Å². The van der Waals surface area contributed by atoms with Gasteiger partial charge in [-0.05, 0) is 56.5 Å². The van der Waals surface area contributed by atoms with E-state index in [1.54, 1.807) is 7.11 Å². The fourth-order valence-electron chi connectivity index (χ4n) is 4.30. The van der Waals surface area contributed by atoms with Crippen LogP contribution in [0.3, 0.4) is 0 Å². The van der Waals surface area contributed by atoms with E-state index < -0.39 is 0 Å². The van der Waals surface area contributed by atoms with Crippen molar-refractivity contribution >= 4 is 29.9 Å². The molecule has 1 aromatic rings. The first-order valence-corrected chi connectivity index (χ1v) is 10.2. The number of nitrogens with zero attached hydrogens (tertiary/aromatic N) is 2. The van der Waals surface area contributed by atoms with Crippen molar-refractivity contribution < 1.29 is 9.47 Å². The van der Waals surface area contributed by atoms with Crippen molar-refractivity contribution in [3.8, 4) is 5.75 Å². The van der Waals surface area contributed by atoms with Gasteiger partial charge in [0.15, 0.2) is 5.96 Å². The molecular weight excluding hydrogens is 467 g/mol. The van der Waals surface area contributed by atoms with Gasteiger partial charge in [0.1, 0.15) is 5.75 Å². The van der Waals surface area contributed by atoms with Gasteiger partial charge in [-0.15, -0.1) is 24.0 Å². The number of likely N-dealkylation sites (tertiary alicyclic amines) is 1. The molecule has 0 amide bonds. The quantitative estimate of drug-likeness (QED) is 0.341. The standard InChI is InChI=1S/C21H34N4O2.HI/c1-3-25-12-4-5-18(25)15-23-20(22)24-16-21(10-13-27-14-11-21)17-6-8-19(26-2)9-7-17;/h6-9,18H,3-5,10-16H2,1-2H3,(H3,22,23,24);1H. The molecule has 2 aliphatic heterocycles. The maximum atomic E-state index is 6.21. The van der Waals surface area contributed by atoms with Gasteiger partial charge >= 0.3 is 0 Å². The summed E-state index contributed by atoms with van der Waals surface area (Å²) >= 11 is 0. The number of likely N-dealkylation sites (N-methyl/N-ethyl adjacent to an activating group) is 1. The SMILES string of the molecule is CCN1CCCC1CNC(N)=NCC1(c2ccc(OC)cc2)CCOCC1.I. The number of hydrogen-bond acceptors (Lipinski definition) is 4. The molecule has 7 heteroatoms. The van der Waals surface area contributed by atoms with E-state index in [0.717, 1.165) is 44.9 Å². The molecular formula is C21H35IN4O2. The third-order valence-electron chi connectivity index (χ3n) is 6.13. The van der Waals surface area contributed by atoms with Crippen molar-refractivity contribution in [2.24, 2.45) is 10.7 Å². The molecule has 2 heterocycles. The molecule has 2 fully saturated rings. The Hall–Kier alpha value is -1.06. The minimum atomic E-state index is -0.0143. The van der Waals surface area contributed by atoms with Gasteiger partial charge in [0, 0.05) is 31.2 Å². The van der Waals surface area contributed by atoms with Gasteiger partial charge in [0.2, 0.25) is 0 Å². The number of guanidine groups is 1. The number of hydrogen-bond donors (Lipinski definition) is 2. The molecule has 1 unspecified atom stereocenters. The Morgan fingerprint density at radius 3 is 2.68 bits per heavy atom. The third-order valence-corrected chi connectivity index (χ3v) is 6.13. The van der Waals surface area contributed by atoms with E-state index in [-0.39, 0.29) is 29.4 Å². The van der Waals surface area contributed by atoms with Crippen molar-refractivity contribution in [1.29, 1.82) is 0 Å². The van der Waals surface area contributed by atoms with Gasteiger partial charge in [-0.25, -0.2) is 0 Å². The van der Waals surface area contributed by atoms with Crippen LogP contribution in [0.25, 0.3) is 0 Å². The molecule has 1 atom stereocenters. The van der Waals surface area contributed by atoms with Gasteiger partial charge in [-0.3, -0.25) is 9.89 Å². The highest BCUT2D eigenvalue weighted by Crippen LogP contribution is 2.36. The molecule has 0 aromatic heterocycles. The summed E-state index contributed by atoms with van der Waals surface area (Å²) in [6, 6.07) is 8.93. The van der Waals surface area contributed by atoms with Crippen LogP contribution < -0.4 is 15.8 Å². The summed E-state index contributed by atoms with van der Waals surface area (Å²) in [6.07, 6.45) is 4.43. The van der Waals surface area contributed by atoms with E-state index in [2.05, 4.69) is 29.3 Å². The second-order valence-electron chi connectivity index (χ2n) is 7.63. The first kappa shape index (κ1) is 23.2. The Labute approximate surface area is 186 Å². The van der Waals surface area contributed by atoms with Crippen LogP contribution in [0, 0.1) is 0 Å². The maximum absolute atomic E-state index is 6.21. The number of halogens is 1. The Morgan fingerprint density at radius 1 is 1.32 bits per heavy atom. The number of aliphatic imine (C=N–C) groups is 1. The lowest BCUT2D eigenvalue weighted by Crippen LogP contribution is -2.44. The zero-order valence-corrected chi connectivity index (χ0v) is 19.5. The molecule has 3 N–H and O–H groups in total. The lowest BCUT2D eigenvalue weighted by atomic mass is 9.74. The largest absolute Gasteiger partial charge is 0.497 e. The van der Waals surface area contributed by atoms with Gasteiger partial charge in [-0.2, -0.15) is 0 Å². The van der Waals surface area contributed by atoms with E-state index in [0.29, 0.717) is 18.5 Å². The molecule has 2 saturated heterocycles. The number of nitrogens with two attached hydrogens (primary N) is 1. The second-order valence-corrected chi connectivity index (χ2v) is 7.63. The maximum Gasteiger partial charge on any atom is 0.188 e. The number of rotatable bonds is 7. The monoisotopic (exact) mass is 502 g/mol. The number of methoxy groups -OCH3 is 1. The van der Waals surface area contributed by atoms with Crippen molar-refractivity contribution in [3.63, 3.8) is 0 Å². The smallest absolute Gasteiger partial charge is 0.188 e. The Bertz CT molecular complexity index is 617. The predicted octanol–water partition coefficient (Wildman–Crippen LogP) is 2.75. The minimum Gasteiger partial charge on any atom is -0.497 e. The van der Waals surface area contributed by atoms with E-state index in [9.17, 15) is 0 Å². The molecule has 1 aromatic carbocycles. The predicted molar refractivity (Wildman–Crippen MR) is 125 cm³/mol. The highest BCUT2D eigenvalue weighted by atomic mass is 127. The zero-order chi connectivity index (χ0) is 19.1. The van der Waals surface area contributed by atoms with Crippen LogP contribution in [0.15, 0.2) is 29.3 Å². The highest BCUT2D eigenvalue weighted by molar-refractivity contribution is 14.0. The van der Waals surface area contributed by atoms with E-state index in [1.165, 1.54) is 24.9 Å². The average molecular weight is 502 g/mol. The molecule has 158 valence electrons. The summed E-state index contributed by atoms with van der Waals surface area (Å²) in [4.78, 5) is 7.24. The van der Waals surface area contributed by atoms with Crippen molar-refractivity contribution in [2.45, 2.75) is 44.1 Å². The van der Waals surface area contributed by atoms with Gasteiger partial charge < -0.3 is 20.5 Å². The van der Waals surface area contributed by atoms with Gasteiger partial charge in [0.05, 0.1) is 13.7 Å². The molecule has 0 spiro atoms. The van der Waals surface area contributed by atoms with Crippen LogP contribution in [0.4, 0.5) is 0 Å². The summed E-state index contributed by atoms with van der Waals surface area (Å²) in [5, 5.41) is 3.35. The molecule has 3 rings (SSSR count). The summed E-state index contributed by atoms with van der Waals surface area (Å²) in [7, 11) is 1.69. The first-order chi connectivity index (χ1) is 13.2. The van der Waals surface area contributed by atoms with Crippen molar-refractivity contribution in [3.05, 3.63) is 29.8 Å². The Morgan fingerprint density at radius 2 is 2.04 bits per heavy atom. The molecule has 6 nitrogen and oxygen atoms in total. The van der Waals surface area contributed by atoms with Crippen molar-refractivity contribution in [1.82, 2.24) is 10.2 Å². The topological polar surface area (TPSA) is 72.1 Å². The van der Waals surface area contributed by atoms with E-state index >= 15 is 0 Å². The molecule has 28 heavy (non-hydrogen) atoms. The van der Waals surface area contributed by atoms with Crippen LogP contribution in [-0.2, 0) is 10.2 Å². The lowest BCUT2D eigenvalue weighted by molar-refractivity contribution is 0.0531. The average Bonchev–Trinajstić information content (AvgIpc) is 3.19. The Balaban J connectivity index is 0.00000280. The van der Waals surface area contributed by atoms with Crippen LogP contribution in [0.1, 0.15) is 38.2 Å². The molecule has 0 bridgehead atoms. The van der Waals surface area contributed by atoms with E-state index in [4.69, 9.17) is 20.2 Å². The molecule has 0 saturated carbocycles. The number of ether oxygens (including phenoxy) is 2. The van der Waals surface area contributed by atoms with Crippen molar-refractivity contribution in [2.75, 3.05) is 46.5 Å². The molecule has 2 aliphatic rings. The number of benzene rings is 1. The first-order valence-electron chi connectivity index (χ1n) is 10.2. The summed E-state index contributed by atoms with van der Waals surface area (Å²) in [6.45, 7) is 7.61. The van der Waals surface area contributed by atoms with Gasteiger partial charge in [-0.1, -0.05) is 19.1 Å². The highest BCUT2D eigenvalue weighted by Gasteiger charge is 2.34. The van der Waals surface area contributed by atoms with Crippen LogP contribution in [0.2, 0.25) is 0 Å². The normalized spacial score (nSPS) is 22.5. The van der Waals surface area contributed by atoms with Gasteiger partial charge in [0.25, 0.3) is 0 Å². The zero-order valence-electron chi connectivity index (χ0n) is 17.2. The fraction of sp³-hybridized carbons (Fsp3) is 0.667.